The summed E-state index contributed by atoms with van der Waals surface area (Å²) in [7, 11) is 0. The van der Waals surface area contributed by atoms with E-state index in [-0.39, 0.29) is 0 Å². The Morgan fingerprint density at radius 2 is 1.86 bits per heavy atom. The lowest BCUT2D eigenvalue weighted by Gasteiger charge is -2.51. The first-order valence-electron chi connectivity index (χ1n) is 8.35. The van der Waals surface area contributed by atoms with Gasteiger partial charge in [0.15, 0.2) is 0 Å². The molecule has 21 heavy (non-hydrogen) atoms. The lowest BCUT2D eigenvalue weighted by atomic mass is 9.54. The third-order valence-electron chi connectivity index (χ3n) is 5.69. The SMILES string of the molecule is C=C=C(C/C=C\Cc1ccccc1)C1CC2CC(C1)C2C. The van der Waals surface area contributed by atoms with Crippen molar-refractivity contribution in [2.24, 2.45) is 23.7 Å². The highest BCUT2D eigenvalue weighted by Gasteiger charge is 2.44. The molecule has 0 heterocycles. The first-order valence-corrected chi connectivity index (χ1v) is 8.35. The molecule has 4 rings (SSSR count). The van der Waals surface area contributed by atoms with Gasteiger partial charge < -0.3 is 0 Å². The van der Waals surface area contributed by atoms with E-state index in [9.17, 15) is 0 Å². The van der Waals surface area contributed by atoms with Crippen LogP contribution in [0, 0.1) is 23.7 Å². The number of benzene rings is 1. The van der Waals surface area contributed by atoms with Gasteiger partial charge in [-0.3, -0.25) is 0 Å². The van der Waals surface area contributed by atoms with E-state index in [0.717, 1.165) is 36.5 Å². The van der Waals surface area contributed by atoms with E-state index in [1.54, 1.807) is 0 Å². The maximum atomic E-state index is 3.94. The summed E-state index contributed by atoms with van der Waals surface area (Å²) in [6.45, 7) is 6.37. The second kappa shape index (κ2) is 6.50. The molecule has 1 aromatic rings. The fraction of sp³-hybridized carbons (Fsp3) is 0.476. The van der Waals surface area contributed by atoms with Gasteiger partial charge in [0.1, 0.15) is 0 Å². The summed E-state index contributed by atoms with van der Waals surface area (Å²) < 4.78 is 0. The monoisotopic (exact) mass is 278 g/mol. The summed E-state index contributed by atoms with van der Waals surface area (Å²) in [5.74, 6) is 3.68. The van der Waals surface area contributed by atoms with Crippen molar-refractivity contribution in [3.8, 4) is 0 Å². The molecule has 3 saturated carbocycles. The van der Waals surface area contributed by atoms with E-state index < -0.39 is 0 Å². The van der Waals surface area contributed by atoms with Crippen molar-refractivity contribution in [3.63, 3.8) is 0 Å². The van der Waals surface area contributed by atoms with Crippen LogP contribution in [0.15, 0.2) is 60.4 Å². The van der Waals surface area contributed by atoms with Crippen LogP contribution < -0.4 is 0 Å². The van der Waals surface area contributed by atoms with Gasteiger partial charge >= 0.3 is 0 Å². The average molecular weight is 278 g/mol. The van der Waals surface area contributed by atoms with Crippen molar-refractivity contribution < 1.29 is 0 Å². The molecule has 0 aliphatic heterocycles. The van der Waals surface area contributed by atoms with E-state index in [4.69, 9.17) is 0 Å². The highest BCUT2D eigenvalue weighted by molar-refractivity contribution is 5.19. The Hall–Kier alpha value is -1.52. The van der Waals surface area contributed by atoms with E-state index in [0.29, 0.717) is 0 Å². The molecule has 0 amide bonds. The van der Waals surface area contributed by atoms with Gasteiger partial charge in [-0.2, -0.15) is 0 Å². The molecule has 0 heteroatoms. The van der Waals surface area contributed by atoms with Crippen LogP contribution >= 0.6 is 0 Å². The summed E-state index contributed by atoms with van der Waals surface area (Å²) in [5.41, 5.74) is 6.07. The molecule has 0 radical (unpaired) electrons. The molecule has 3 aliphatic carbocycles. The first kappa shape index (κ1) is 14.4. The summed E-state index contributed by atoms with van der Waals surface area (Å²) in [5, 5.41) is 0. The van der Waals surface area contributed by atoms with Gasteiger partial charge in [0.2, 0.25) is 0 Å². The fourth-order valence-corrected chi connectivity index (χ4v) is 4.17. The summed E-state index contributed by atoms with van der Waals surface area (Å²) in [6.07, 6.45) is 10.9. The molecule has 3 aliphatic rings. The van der Waals surface area contributed by atoms with E-state index in [1.165, 1.54) is 30.4 Å². The smallest absolute Gasteiger partial charge is 0.00598 e. The molecule has 0 N–H and O–H groups in total. The van der Waals surface area contributed by atoms with Crippen LogP contribution in [0.5, 0.6) is 0 Å². The standard InChI is InChI=1S/C21H26/c1-3-18(21-14-19-13-20(15-21)16(19)2)12-8-7-11-17-9-5-4-6-10-17/h4-10,16,19-21H,1,11-15H2,2H3/b8-7-. The first-order chi connectivity index (χ1) is 10.3. The average Bonchev–Trinajstić information content (AvgIpc) is 2.55. The lowest BCUT2D eigenvalue weighted by Crippen LogP contribution is -2.42. The second-order valence-corrected chi connectivity index (χ2v) is 6.85. The van der Waals surface area contributed by atoms with Gasteiger partial charge in [-0.25, -0.2) is 0 Å². The van der Waals surface area contributed by atoms with E-state index in [1.807, 2.05) is 0 Å². The Morgan fingerprint density at radius 1 is 1.14 bits per heavy atom. The highest BCUT2D eigenvalue weighted by Crippen LogP contribution is 2.54. The van der Waals surface area contributed by atoms with Gasteiger partial charge in [-0.1, -0.05) is 56.0 Å². The van der Waals surface area contributed by atoms with Gasteiger partial charge in [0.25, 0.3) is 0 Å². The van der Waals surface area contributed by atoms with Gasteiger partial charge in [-0.05, 0) is 66.9 Å². The minimum absolute atomic E-state index is 0.754. The Labute approximate surface area is 129 Å². The fourth-order valence-electron chi connectivity index (χ4n) is 4.17. The van der Waals surface area contributed by atoms with Crippen LogP contribution in [0.4, 0.5) is 0 Å². The number of allylic oxidation sites excluding steroid dienone is 3. The maximum Gasteiger partial charge on any atom is -0.00598 e. The molecule has 0 saturated heterocycles. The number of fused-ring (bicyclic) bond motifs is 2. The molecule has 2 atom stereocenters. The van der Waals surface area contributed by atoms with Crippen molar-refractivity contribution in [1.82, 2.24) is 0 Å². The number of rotatable bonds is 5. The third-order valence-corrected chi connectivity index (χ3v) is 5.69. The van der Waals surface area contributed by atoms with Crippen LogP contribution in [0.1, 0.15) is 38.2 Å². The topological polar surface area (TPSA) is 0 Å². The quantitative estimate of drug-likeness (QED) is 0.488. The minimum atomic E-state index is 0.754. The zero-order valence-corrected chi connectivity index (χ0v) is 13.1. The van der Waals surface area contributed by atoms with Crippen LogP contribution in [0.25, 0.3) is 0 Å². The van der Waals surface area contributed by atoms with Crippen LogP contribution in [0.3, 0.4) is 0 Å². The molecule has 110 valence electrons. The Bertz CT molecular complexity index is 533. The Kier molecular flexibility index (Phi) is 4.46. The lowest BCUT2D eigenvalue weighted by molar-refractivity contribution is 0.00287. The van der Waals surface area contributed by atoms with E-state index >= 15 is 0 Å². The summed E-state index contributed by atoms with van der Waals surface area (Å²) >= 11 is 0. The van der Waals surface area contributed by atoms with Crippen molar-refractivity contribution in [3.05, 3.63) is 65.9 Å². The molecule has 0 nitrogen and oxygen atoms in total. The second-order valence-electron chi connectivity index (χ2n) is 6.85. The predicted octanol–water partition coefficient (Wildman–Crippen LogP) is 5.57. The van der Waals surface area contributed by atoms with Crippen LogP contribution in [-0.4, -0.2) is 0 Å². The molecular weight excluding hydrogens is 252 g/mol. The van der Waals surface area contributed by atoms with Gasteiger partial charge in [-0.15, -0.1) is 5.73 Å². The third kappa shape index (κ3) is 3.22. The Balaban J connectivity index is 1.51. The van der Waals surface area contributed by atoms with Crippen molar-refractivity contribution in [2.75, 3.05) is 0 Å². The minimum Gasteiger partial charge on any atom is -0.129 e. The summed E-state index contributed by atoms with van der Waals surface area (Å²) in [4.78, 5) is 0. The van der Waals surface area contributed by atoms with Crippen LogP contribution in [0.2, 0.25) is 0 Å². The van der Waals surface area contributed by atoms with E-state index in [2.05, 4.69) is 61.7 Å². The van der Waals surface area contributed by atoms with Crippen LogP contribution in [-0.2, 0) is 6.42 Å². The van der Waals surface area contributed by atoms with Crippen molar-refractivity contribution in [2.45, 2.75) is 39.0 Å². The zero-order valence-electron chi connectivity index (χ0n) is 13.1. The molecule has 0 aromatic heterocycles. The Morgan fingerprint density at radius 3 is 2.48 bits per heavy atom. The normalized spacial score (nSPS) is 30.7. The van der Waals surface area contributed by atoms with Crippen molar-refractivity contribution in [1.29, 1.82) is 0 Å². The van der Waals surface area contributed by atoms with Gasteiger partial charge in [0.05, 0.1) is 0 Å². The summed E-state index contributed by atoms with van der Waals surface area (Å²) in [6, 6.07) is 10.7. The highest BCUT2D eigenvalue weighted by atomic mass is 14.5. The molecule has 2 unspecified atom stereocenters. The zero-order chi connectivity index (χ0) is 14.7. The number of hydrogen-bond donors (Lipinski definition) is 0. The maximum absolute atomic E-state index is 3.94. The predicted molar refractivity (Wildman–Crippen MR) is 90.0 cm³/mol. The molecule has 0 spiro atoms. The molecular formula is C21H26. The molecule has 2 bridgehead atoms. The largest absolute Gasteiger partial charge is 0.129 e. The molecule has 3 fully saturated rings. The van der Waals surface area contributed by atoms with Gasteiger partial charge in [0, 0.05) is 0 Å². The molecule has 1 aromatic carbocycles. The van der Waals surface area contributed by atoms with Crippen molar-refractivity contribution >= 4 is 0 Å². The number of hydrogen-bond acceptors (Lipinski definition) is 0.